The van der Waals surface area contributed by atoms with Crippen LogP contribution in [0, 0.1) is 16.0 Å². The number of nitro groups is 1. The zero-order valence-corrected chi connectivity index (χ0v) is 11.6. The summed E-state index contributed by atoms with van der Waals surface area (Å²) in [5.74, 6) is -0.888. The van der Waals surface area contributed by atoms with Gasteiger partial charge in [-0.25, -0.2) is 4.79 Å². The highest BCUT2D eigenvalue weighted by Crippen LogP contribution is 2.15. The molecule has 0 fully saturated rings. The summed E-state index contributed by atoms with van der Waals surface area (Å²) in [6, 6.07) is 1.11. The van der Waals surface area contributed by atoms with Gasteiger partial charge in [-0.1, -0.05) is 13.8 Å². The molecule has 0 atom stereocenters. The quantitative estimate of drug-likeness (QED) is 0.474. The maximum Gasteiger partial charge on any atom is 0.355 e. The van der Waals surface area contributed by atoms with Gasteiger partial charge < -0.3 is 14.6 Å². The topological polar surface area (TPSA) is 103 Å². The lowest BCUT2D eigenvalue weighted by atomic mass is 10.2. The Morgan fingerprint density at radius 3 is 2.65 bits per heavy atom. The van der Waals surface area contributed by atoms with Crippen LogP contribution in [0.1, 0.15) is 24.3 Å². The fourth-order valence-corrected chi connectivity index (χ4v) is 1.42. The van der Waals surface area contributed by atoms with E-state index in [9.17, 15) is 19.7 Å². The molecule has 0 spiro atoms. The van der Waals surface area contributed by atoms with Crippen molar-refractivity contribution in [1.29, 1.82) is 0 Å². The first-order valence-electron chi connectivity index (χ1n) is 6.05. The van der Waals surface area contributed by atoms with Crippen LogP contribution in [0.3, 0.4) is 0 Å². The third-order valence-corrected chi connectivity index (χ3v) is 2.45. The van der Waals surface area contributed by atoms with Crippen molar-refractivity contribution < 1.29 is 19.2 Å². The number of aromatic nitrogens is 1. The average molecular weight is 283 g/mol. The first-order chi connectivity index (χ1) is 9.31. The molecule has 0 aliphatic heterocycles. The number of carbonyl (C=O) groups excluding carboxylic acids is 2. The Balaban J connectivity index is 2.55. The van der Waals surface area contributed by atoms with Crippen LogP contribution in [0.25, 0.3) is 0 Å². The van der Waals surface area contributed by atoms with E-state index in [1.807, 2.05) is 13.8 Å². The van der Waals surface area contributed by atoms with Crippen LogP contribution in [-0.4, -0.2) is 34.5 Å². The van der Waals surface area contributed by atoms with Gasteiger partial charge in [-0.3, -0.25) is 14.9 Å². The number of nitrogens with zero attached hydrogens (tertiary/aromatic N) is 2. The minimum Gasteiger partial charge on any atom is -0.451 e. The predicted molar refractivity (Wildman–Crippen MR) is 70.2 cm³/mol. The Bertz CT molecular complexity index is 521. The average Bonchev–Trinajstić information content (AvgIpc) is 2.75. The molecule has 1 heterocycles. The number of aryl methyl sites for hydroxylation is 1. The van der Waals surface area contributed by atoms with E-state index in [4.69, 9.17) is 4.74 Å². The molecule has 1 aromatic heterocycles. The summed E-state index contributed by atoms with van der Waals surface area (Å²) in [6.45, 7) is 3.96. The highest BCUT2D eigenvalue weighted by molar-refractivity contribution is 5.90. The normalized spacial score (nSPS) is 10.4. The van der Waals surface area contributed by atoms with Crippen molar-refractivity contribution in [2.75, 3.05) is 13.2 Å². The Hall–Kier alpha value is -2.38. The lowest BCUT2D eigenvalue weighted by molar-refractivity contribution is -0.384. The second-order valence-electron chi connectivity index (χ2n) is 4.73. The first kappa shape index (κ1) is 15.7. The van der Waals surface area contributed by atoms with Crippen molar-refractivity contribution >= 4 is 17.6 Å². The van der Waals surface area contributed by atoms with E-state index in [0.29, 0.717) is 12.5 Å². The molecule has 20 heavy (non-hydrogen) atoms. The zero-order valence-electron chi connectivity index (χ0n) is 11.6. The Morgan fingerprint density at radius 1 is 1.50 bits per heavy atom. The van der Waals surface area contributed by atoms with E-state index >= 15 is 0 Å². The van der Waals surface area contributed by atoms with Crippen LogP contribution >= 0.6 is 0 Å². The molecule has 1 aromatic rings. The maximum absolute atomic E-state index is 11.7. The molecule has 8 nitrogen and oxygen atoms in total. The molecule has 0 aromatic carbocycles. The van der Waals surface area contributed by atoms with Gasteiger partial charge in [0, 0.05) is 19.7 Å². The SMILES string of the molecule is CC(C)CNC(=O)COC(=O)c1cc([N+](=O)[O-])cn1C. The van der Waals surface area contributed by atoms with Crippen LogP contribution in [0.5, 0.6) is 0 Å². The standard InChI is InChI=1S/C12H17N3O5/c1-8(2)5-13-11(16)7-20-12(17)10-4-9(15(18)19)6-14(10)3/h4,6,8H,5,7H2,1-3H3,(H,13,16). The molecular weight excluding hydrogens is 266 g/mol. The van der Waals surface area contributed by atoms with Gasteiger partial charge >= 0.3 is 5.97 Å². The van der Waals surface area contributed by atoms with Crippen molar-refractivity contribution in [3.63, 3.8) is 0 Å². The number of carbonyl (C=O) groups is 2. The molecule has 0 saturated heterocycles. The molecule has 1 N–H and O–H groups in total. The number of hydrogen-bond acceptors (Lipinski definition) is 5. The smallest absolute Gasteiger partial charge is 0.355 e. The summed E-state index contributed by atoms with van der Waals surface area (Å²) in [5.41, 5.74) is -0.183. The number of hydrogen-bond donors (Lipinski definition) is 1. The Labute approximate surface area is 115 Å². The van der Waals surface area contributed by atoms with Gasteiger partial charge in [-0.05, 0) is 5.92 Å². The number of amides is 1. The van der Waals surface area contributed by atoms with Gasteiger partial charge in [0.25, 0.3) is 11.6 Å². The molecule has 0 saturated carbocycles. The second-order valence-corrected chi connectivity index (χ2v) is 4.73. The van der Waals surface area contributed by atoms with Crippen molar-refractivity contribution in [1.82, 2.24) is 9.88 Å². The van der Waals surface area contributed by atoms with E-state index < -0.39 is 23.4 Å². The van der Waals surface area contributed by atoms with Gasteiger partial charge in [-0.15, -0.1) is 0 Å². The molecule has 110 valence electrons. The first-order valence-corrected chi connectivity index (χ1v) is 6.05. The number of rotatable bonds is 6. The molecule has 0 radical (unpaired) electrons. The van der Waals surface area contributed by atoms with Gasteiger partial charge in [0.05, 0.1) is 11.1 Å². The van der Waals surface area contributed by atoms with E-state index in [2.05, 4.69) is 5.32 Å². The summed E-state index contributed by atoms with van der Waals surface area (Å²) < 4.78 is 6.09. The minimum absolute atomic E-state index is 0.0216. The Kier molecular flexibility index (Phi) is 5.24. The van der Waals surface area contributed by atoms with Crippen molar-refractivity contribution in [2.45, 2.75) is 13.8 Å². The molecule has 0 aliphatic rings. The molecule has 8 heteroatoms. The fraction of sp³-hybridized carbons (Fsp3) is 0.500. The van der Waals surface area contributed by atoms with Crippen LogP contribution in [-0.2, 0) is 16.6 Å². The van der Waals surface area contributed by atoms with Crippen LogP contribution < -0.4 is 5.32 Å². The van der Waals surface area contributed by atoms with Gasteiger partial charge in [0.2, 0.25) is 0 Å². The predicted octanol–water partition coefficient (Wildman–Crippen LogP) is 0.862. The molecular formula is C12H17N3O5. The summed E-state index contributed by atoms with van der Waals surface area (Å²) in [6.07, 6.45) is 1.20. The zero-order chi connectivity index (χ0) is 15.3. The number of nitrogens with one attached hydrogen (secondary N) is 1. The third kappa shape index (κ3) is 4.38. The monoisotopic (exact) mass is 283 g/mol. The van der Waals surface area contributed by atoms with E-state index in [1.165, 1.54) is 17.8 Å². The summed E-state index contributed by atoms with van der Waals surface area (Å²) in [7, 11) is 1.49. The Morgan fingerprint density at radius 2 is 2.15 bits per heavy atom. The maximum atomic E-state index is 11.7. The van der Waals surface area contributed by atoms with E-state index in [0.717, 1.165) is 6.07 Å². The van der Waals surface area contributed by atoms with Gasteiger partial charge in [0.15, 0.2) is 6.61 Å². The van der Waals surface area contributed by atoms with Crippen LogP contribution in [0.4, 0.5) is 5.69 Å². The molecule has 1 amide bonds. The minimum atomic E-state index is -0.778. The van der Waals surface area contributed by atoms with Gasteiger partial charge in [-0.2, -0.15) is 0 Å². The second kappa shape index (κ2) is 6.69. The van der Waals surface area contributed by atoms with Crippen molar-refractivity contribution in [3.05, 3.63) is 28.1 Å². The largest absolute Gasteiger partial charge is 0.451 e. The highest BCUT2D eigenvalue weighted by atomic mass is 16.6. The highest BCUT2D eigenvalue weighted by Gasteiger charge is 2.19. The number of ether oxygens (including phenoxy) is 1. The summed E-state index contributed by atoms with van der Waals surface area (Å²) in [4.78, 5) is 33.1. The van der Waals surface area contributed by atoms with Gasteiger partial charge in [0.1, 0.15) is 5.69 Å². The van der Waals surface area contributed by atoms with Crippen molar-refractivity contribution in [3.8, 4) is 0 Å². The molecule has 0 bridgehead atoms. The third-order valence-electron chi connectivity index (χ3n) is 2.45. The molecule has 0 unspecified atom stereocenters. The van der Waals surface area contributed by atoms with E-state index in [-0.39, 0.29) is 11.4 Å². The van der Waals surface area contributed by atoms with E-state index in [1.54, 1.807) is 0 Å². The molecule has 1 rings (SSSR count). The lowest BCUT2D eigenvalue weighted by Crippen LogP contribution is -2.31. The fourth-order valence-electron chi connectivity index (χ4n) is 1.42. The summed E-state index contributed by atoms with van der Waals surface area (Å²) >= 11 is 0. The number of esters is 1. The van der Waals surface area contributed by atoms with Crippen molar-refractivity contribution in [2.24, 2.45) is 13.0 Å². The summed E-state index contributed by atoms with van der Waals surface area (Å²) in [5, 5.41) is 13.2. The molecule has 0 aliphatic carbocycles. The van der Waals surface area contributed by atoms with Crippen LogP contribution in [0.15, 0.2) is 12.3 Å². The van der Waals surface area contributed by atoms with Crippen LogP contribution in [0.2, 0.25) is 0 Å². The lowest BCUT2D eigenvalue weighted by Gasteiger charge is -2.08.